The van der Waals surface area contributed by atoms with Crippen molar-refractivity contribution in [2.24, 2.45) is 0 Å². The molecule has 1 unspecified atom stereocenters. The first-order valence-corrected chi connectivity index (χ1v) is 19.0. The molecule has 11 rings (SSSR count). The third-order valence-electron chi connectivity index (χ3n) is 12.2. The normalized spacial score (nSPS) is 16.9. The number of carbonyl (C=O) groups is 2. The molecule has 0 amide bonds. The molecule has 0 N–H and O–H groups in total. The van der Waals surface area contributed by atoms with Crippen molar-refractivity contribution >= 4 is 61.4 Å². The van der Waals surface area contributed by atoms with E-state index in [2.05, 4.69) is 105 Å². The lowest BCUT2D eigenvalue weighted by Crippen LogP contribution is -2.05. The fourth-order valence-corrected chi connectivity index (χ4v) is 9.95. The van der Waals surface area contributed by atoms with E-state index in [0.29, 0.717) is 0 Å². The van der Waals surface area contributed by atoms with Gasteiger partial charge in [0.15, 0.2) is 11.6 Å². The number of hydrogen-bond acceptors (Lipinski definition) is 2. The van der Waals surface area contributed by atoms with Gasteiger partial charge < -0.3 is 0 Å². The fraction of sp³-hybridized carbons (Fsp3) is 0.0566. The quantitative estimate of drug-likeness (QED) is 0.179. The average molecular weight is 703 g/mol. The van der Waals surface area contributed by atoms with Gasteiger partial charge >= 0.3 is 0 Å². The van der Waals surface area contributed by atoms with Crippen LogP contribution in [-0.2, 0) is 9.59 Å². The van der Waals surface area contributed by atoms with Gasteiger partial charge in [-0.05, 0) is 96.1 Å². The minimum atomic E-state index is -0.0242. The SMILES string of the molecule is Cc1c(-c2cccc3c2C(C)C2=C(c4ccccc4)C(=O)C(c4ccccc4)=C23)cc2c3c(cccc13)C1=C(c3ccccc3)C(=O)C(c3ccccc3)=C12. The van der Waals surface area contributed by atoms with Crippen LogP contribution in [-0.4, -0.2) is 11.6 Å². The van der Waals surface area contributed by atoms with Crippen LogP contribution in [0.4, 0.5) is 0 Å². The van der Waals surface area contributed by atoms with Gasteiger partial charge in [-0.25, -0.2) is 0 Å². The monoisotopic (exact) mass is 702 g/mol. The van der Waals surface area contributed by atoms with Crippen molar-refractivity contribution in [3.05, 3.63) is 219 Å². The Morgan fingerprint density at radius 2 is 0.818 bits per heavy atom. The highest BCUT2D eigenvalue weighted by Crippen LogP contribution is 2.61. The van der Waals surface area contributed by atoms with Gasteiger partial charge in [0.1, 0.15) is 0 Å². The number of Topliss-reactive ketones (excluding diaryl/α,β-unsaturated/α-hetero) is 2. The van der Waals surface area contributed by atoms with E-state index in [-0.39, 0.29) is 17.5 Å². The molecule has 0 saturated carbocycles. The van der Waals surface area contributed by atoms with Crippen LogP contribution in [0.5, 0.6) is 0 Å². The van der Waals surface area contributed by atoms with E-state index in [1.165, 1.54) is 27.5 Å². The van der Waals surface area contributed by atoms with Crippen molar-refractivity contribution < 1.29 is 9.59 Å². The van der Waals surface area contributed by atoms with E-state index in [9.17, 15) is 9.59 Å². The molecule has 0 radical (unpaired) electrons. The topological polar surface area (TPSA) is 34.1 Å². The van der Waals surface area contributed by atoms with Crippen molar-refractivity contribution in [3.63, 3.8) is 0 Å². The van der Waals surface area contributed by atoms with Crippen molar-refractivity contribution in [2.75, 3.05) is 0 Å². The average Bonchev–Trinajstić information content (AvgIpc) is 3.91. The lowest BCUT2D eigenvalue weighted by atomic mass is 9.84. The maximum absolute atomic E-state index is 14.7. The number of benzene rings is 7. The molecule has 0 aromatic heterocycles. The summed E-state index contributed by atoms with van der Waals surface area (Å²) in [5.41, 5.74) is 19.2. The third-order valence-corrected chi connectivity index (χ3v) is 12.2. The number of fused-ring (bicyclic) bond motifs is 6. The molecule has 2 nitrogen and oxygen atoms in total. The summed E-state index contributed by atoms with van der Waals surface area (Å²) in [6.07, 6.45) is 0. The molecule has 258 valence electrons. The van der Waals surface area contributed by atoms with Crippen molar-refractivity contribution in [1.82, 2.24) is 0 Å². The summed E-state index contributed by atoms with van der Waals surface area (Å²) in [7, 11) is 0. The molecule has 1 atom stereocenters. The number of carbonyl (C=O) groups excluding carboxylic acids is 2. The highest BCUT2D eigenvalue weighted by Gasteiger charge is 2.44. The Balaban J connectivity index is 1.20. The smallest absolute Gasteiger partial charge is 0.195 e. The Morgan fingerprint density at radius 3 is 1.38 bits per heavy atom. The highest BCUT2D eigenvalue weighted by atomic mass is 16.1. The van der Waals surface area contributed by atoms with Crippen molar-refractivity contribution in [2.45, 2.75) is 19.8 Å². The van der Waals surface area contributed by atoms with E-state index in [4.69, 9.17) is 0 Å². The Kier molecular flexibility index (Phi) is 6.78. The van der Waals surface area contributed by atoms with Gasteiger partial charge in [-0.1, -0.05) is 165 Å². The molecule has 0 fully saturated rings. The van der Waals surface area contributed by atoms with Gasteiger partial charge in [0, 0.05) is 39.4 Å². The molecule has 55 heavy (non-hydrogen) atoms. The van der Waals surface area contributed by atoms with Crippen LogP contribution in [0.25, 0.3) is 60.9 Å². The van der Waals surface area contributed by atoms with Gasteiger partial charge in [0.05, 0.1) is 0 Å². The van der Waals surface area contributed by atoms with E-state index < -0.39 is 0 Å². The van der Waals surface area contributed by atoms with Crippen molar-refractivity contribution in [3.8, 4) is 11.1 Å². The number of rotatable bonds is 5. The maximum Gasteiger partial charge on any atom is 0.195 e. The van der Waals surface area contributed by atoms with Crippen LogP contribution in [0.2, 0.25) is 0 Å². The lowest BCUT2D eigenvalue weighted by molar-refractivity contribution is -0.109. The Morgan fingerprint density at radius 1 is 0.382 bits per heavy atom. The summed E-state index contributed by atoms with van der Waals surface area (Å²) in [6, 6.07) is 56.1. The molecule has 4 aliphatic carbocycles. The second-order valence-corrected chi connectivity index (χ2v) is 15.0. The molecular formula is C53H34O2. The molecule has 0 spiro atoms. The Hall–Kier alpha value is -6.90. The largest absolute Gasteiger partial charge is 0.289 e. The number of ketones is 2. The molecule has 2 heteroatoms. The molecule has 0 bridgehead atoms. The first-order chi connectivity index (χ1) is 27.0. The predicted molar refractivity (Wildman–Crippen MR) is 226 cm³/mol. The predicted octanol–water partition coefficient (Wildman–Crippen LogP) is 12.3. The highest BCUT2D eigenvalue weighted by molar-refractivity contribution is 6.61. The van der Waals surface area contributed by atoms with Gasteiger partial charge in [-0.15, -0.1) is 0 Å². The molecular weight excluding hydrogens is 669 g/mol. The lowest BCUT2D eigenvalue weighted by Gasteiger charge is -2.19. The van der Waals surface area contributed by atoms with Crippen LogP contribution in [0.1, 0.15) is 62.9 Å². The number of allylic oxidation sites excluding steroid dienone is 8. The summed E-state index contributed by atoms with van der Waals surface area (Å²) >= 11 is 0. The van der Waals surface area contributed by atoms with Crippen molar-refractivity contribution in [1.29, 1.82) is 0 Å². The summed E-state index contributed by atoms with van der Waals surface area (Å²) in [5, 5.41) is 2.40. The first kappa shape index (κ1) is 31.6. The van der Waals surface area contributed by atoms with Gasteiger partial charge in [0.25, 0.3) is 0 Å². The minimum Gasteiger partial charge on any atom is -0.289 e. The van der Waals surface area contributed by atoms with Gasteiger partial charge in [-0.3, -0.25) is 9.59 Å². The van der Waals surface area contributed by atoms with Crippen LogP contribution < -0.4 is 0 Å². The summed E-state index contributed by atoms with van der Waals surface area (Å²) in [6.45, 7) is 4.50. The zero-order chi connectivity index (χ0) is 36.9. The van der Waals surface area contributed by atoms with Crippen LogP contribution in [0.15, 0.2) is 169 Å². The Labute approximate surface area is 320 Å². The molecule has 0 aliphatic heterocycles. The number of aryl methyl sites for hydroxylation is 1. The molecule has 4 aliphatic rings. The fourth-order valence-electron chi connectivity index (χ4n) is 9.95. The standard InChI is InChI=1S/C53H34O2/c1-30-36-25-15-28-39-48(36)41(51-47(35-23-13-6-14-24-35)53(55)46(50(39)51)34-21-11-5-12-22-34)29-40(30)37-26-16-27-38-42(37)31(2)43-44(32-17-7-3-8-18-32)52(54)45(49(38)43)33-19-9-4-10-20-33/h3-29,31H,1-2H3. The molecule has 7 aromatic rings. The van der Waals surface area contributed by atoms with E-state index in [0.717, 1.165) is 89.1 Å². The van der Waals surface area contributed by atoms with Crippen LogP contribution >= 0.6 is 0 Å². The van der Waals surface area contributed by atoms with E-state index in [1.54, 1.807) is 0 Å². The molecule has 0 saturated heterocycles. The maximum atomic E-state index is 14.7. The minimum absolute atomic E-state index is 0.0242. The summed E-state index contributed by atoms with van der Waals surface area (Å²) < 4.78 is 0. The molecule has 7 aromatic carbocycles. The molecule has 0 heterocycles. The summed E-state index contributed by atoms with van der Waals surface area (Å²) in [5.74, 6) is 0.135. The zero-order valence-corrected chi connectivity index (χ0v) is 30.5. The second kappa shape index (κ2) is 11.8. The number of hydrogen-bond donors (Lipinski definition) is 0. The van der Waals surface area contributed by atoms with E-state index >= 15 is 0 Å². The summed E-state index contributed by atoms with van der Waals surface area (Å²) in [4.78, 5) is 29.3. The van der Waals surface area contributed by atoms with Crippen LogP contribution in [0.3, 0.4) is 0 Å². The van der Waals surface area contributed by atoms with E-state index in [1.807, 2.05) is 72.8 Å². The van der Waals surface area contributed by atoms with Gasteiger partial charge in [-0.2, -0.15) is 0 Å². The first-order valence-electron chi connectivity index (χ1n) is 19.0. The second-order valence-electron chi connectivity index (χ2n) is 15.0. The zero-order valence-electron chi connectivity index (χ0n) is 30.5. The van der Waals surface area contributed by atoms with Gasteiger partial charge in [0.2, 0.25) is 0 Å². The Bertz CT molecular complexity index is 2980. The van der Waals surface area contributed by atoms with Crippen LogP contribution in [0, 0.1) is 6.92 Å². The third kappa shape index (κ3) is 4.31.